The summed E-state index contributed by atoms with van der Waals surface area (Å²) in [5.41, 5.74) is 1.15. The molecule has 0 amide bonds. The number of benzene rings is 2. The first-order valence-electron chi connectivity index (χ1n) is 9.82. The van der Waals surface area contributed by atoms with Gasteiger partial charge in [0, 0.05) is 37.2 Å². The molecule has 9 heteroatoms. The average Bonchev–Trinajstić information content (AvgIpc) is 2.77. The number of ether oxygens (including phenoxy) is 3. The second-order valence-electron chi connectivity index (χ2n) is 7.08. The maximum atomic E-state index is 14.3. The third-order valence-corrected chi connectivity index (χ3v) is 4.96. The molecule has 0 atom stereocenters. The van der Waals surface area contributed by atoms with E-state index in [-0.39, 0.29) is 11.4 Å². The molecule has 0 fully saturated rings. The number of fused-ring (bicyclic) bond motifs is 1. The second kappa shape index (κ2) is 10.2. The van der Waals surface area contributed by atoms with Crippen molar-refractivity contribution in [2.45, 2.75) is 6.92 Å². The second-order valence-corrected chi connectivity index (χ2v) is 7.08. The molecule has 0 unspecified atom stereocenters. The van der Waals surface area contributed by atoms with Crippen molar-refractivity contribution < 1.29 is 23.7 Å². The third-order valence-electron chi connectivity index (χ3n) is 4.96. The lowest BCUT2D eigenvalue weighted by atomic mass is 10.1. The zero-order valence-corrected chi connectivity index (χ0v) is 18.1. The number of anilines is 2. The molecule has 0 spiro atoms. The Morgan fingerprint density at radius 2 is 1.87 bits per heavy atom. The van der Waals surface area contributed by atoms with Gasteiger partial charge in [0.15, 0.2) is 11.5 Å². The van der Waals surface area contributed by atoms with E-state index in [9.17, 15) is 9.50 Å². The Kier molecular flexibility index (Phi) is 7.43. The molecular weight excluding hydrogens is 403 g/mol. The number of hydrogen-bond donors (Lipinski definition) is 2. The quantitative estimate of drug-likeness (QED) is 0.505. The van der Waals surface area contributed by atoms with E-state index < -0.39 is 5.82 Å². The zero-order chi connectivity index (χ0) is 22.4. The number of methoxy groups -OCH3 is 2. The number of aromatic nitrogens is 2. The predicted molar refractivity (Wildman–Crippen MR) is 117 cm³/mol. The van der Waals surface area contributed by atoms with Crippen LogP contribution in [0.1, 0.15) is 5.56 Å². The number of nitrogens with zero attached hydrogens (tertiary/aromatic N) is 3. The van der Waals surface area contributed by atoms with Crippen molar-refractivity contribution in [1.82, 2.24) is 14.9 Å². The molecule has 1 heterocycles. The van der Waals surface area contributed by atoms with Crippen molar-refractivity contribution in [3.8, 4) is 17.2 Å². The lowest BCUT2D eigenvalue weighted by molar-refractivity contribution is 0.149. The molecule has 3 aromatic rings. The van der Waals surface area contributed by atoms with Crippen LogP contribution in [0.15, 0.2) is 30.6 Å². The SMILES string of the molecule is COCCN(C)CCOc1cc2ncnc(Nc3c(F)ccc(O)c3C)c2cc1OC. The largest absolute Gasteiger partial charge is 0.508 e. The van der Waals surface area contributed by atoms with Crippen LogP contribution in [0.3, 0.4) is 0 Å². The van der Waals surface area contributed by atoms with Gasteiger partial charge in [-0.05, 0) is 32.2 Å². The maximum Gasteiger partial charge on any atom is 0.163 e. The van der Waals surface area contributed by atoms with Crippen LogP contribution in [0.25, 0.3) is 10.9 Å². The summed E-state index contributed by atoms with van der Waals surface area (Å²) in [7, 11) is 5.22. The standard InChI is InChI=1S/C22H27FN4O4/c1-14-18(28)6-5-16(23)21(14)26-22-15-11-19(30-4)20(12-17(15)24-13-25-22)31-10-8-27(2)7-9-29-3/h5-6,11-13,28H,7-10H2,1-4H3,(H,24,25,26). The Labute approximate surface area is 180 Å². The van der Waals surface area contributed by atoms with Crippen molar-refractivity contribution in [1.29, 1.82) is 0 Å². The van der Waals surface area contributed by atoms with E-state index in [2.05, 4.69) is 20.2 Å². The molecule has 0 saturated carbocycles. The van der Waals surface area contributed by atoms with E-state index in [1.54, 1.807) is 33.3 Å². The number of aromatic hydroxyl groups is 1. The Morgan fingerprint density at radius 3 is 2.61 bits per heavy atom. The van der Waals surface area contributed by atoms with E-state index >= 15 is 0 Å². The van der Waals surface area contributed by atoms with E-state index in [0.29, 0.717) is 47.0 Å². The van der Waals surface area contributed by atoms with Gasteiger partial charge in [-0.3, -0.25) is 0 Å². The van der Waals surface area contributed by atoms with Gasteiger partial charge in [-0.15, -0.1) is 0 Å². The van der Waals surface area contributed by atoms with Crippen LogP contribution in [-0.4, -0.2) is 67.5 Å². The first-order valence-corrected chi connectivity index (χ1v) is 9.82. The van der Waals surface area contributed by atoms with Crippen molar-refractivity contribution in [3.63, 3.8) is 0 Å². The van der Waals surface area contributed by atoms with E-state index in [1.165, 1.54) is 18.5 Å². The van der Waals surface area contributed by atoms with Gasteiger partial charge in [0.25, 0.3) is 0 Å². The predicted octanol–water partition coefficient (Wildman–Crippen LogP) is 3.49. The lowest BCUT2D eigenvalue weighted by Crippen LogP contribution is -2.27. The molecule has 166 valence electrons. The van der Waals surface area contributed by atoms with Crippen molar-refractivity contribution in [3.05, 3.63) is 42.0 Å². The minimum absolute atomic E-state index is 0.00834. The van der Waals surface area contributed by atoms with Crippen LogP contribution in [-0.2, 0) is 4.74 Å². The van der Waals surface area contributed by atoms with Crippen LogP contribution in [0.2, 0.25) is 0 Å². The van der Waals surface area contributed by atoms with Crippen LogP contribution in [0.4, 0.5) is 15.9 Å². The highest BCUT2D eigenvalue weighted by molar-refractivity contribution is 5.93. The molecule has 1 aromatic heterocycles. The highest BCUT2D eigenvalue weighted by Crippen LogP contribution is 2.36. The smallest absolute Gasteiger partial charge is 0.163 e. The van der Waals surface area contributed by atoms with Gasteiger partial charge in [-0.25, -0.2) is 14.4 Å². The molecule has 0 aliphatic carbocycles. The molecule has 3 rings (SSSR count). The highest BCUT2D eigenvalue weighted by atomic mass is 19.1. The number of hydrogen-bond acceptors (Lipinski definition) is 8. The van der Waals surface area contributed by atoms with Crippen molar-refractivity contribution in [2.24, 2.45) is 0 Å². The van der Waals surface area contributed by atoms with Gasteiger partial charge < -0.3 is 29.5 Å². The van der Waals surface area contributed by atoms with Gasteiger partial charge in [-0.1, -0.05) is 0 Å². The molecule has 0 aliphatic heterocycles. The Hall–Kier alpha value is -3.17. The number of nitrogens with one attached hydrogen (secondary N) is 1. The number of rotatable bonds is 10. The average molecular weight is 430 g/mol. The molecule has 31 heavy (non-hydrogen) atoms. The van der Waals surface area contributed by atoms with Gasteiger partial charge in [0.2, 0.25) is 0 Å². The monoisotopic (exact) mass is 430 g/mol. The number of halogens is 1. The third kappa shape index (κ3) is 5.31. The van der Waals surface area contributed by atoms with E-state index in [0.717, 1.165) is 13.1 Å². The van der Waals surface area contributed by atoms with E-state index in [1.807, 2.05) is 7.05 Å². The first-order chi connectivity index (χ1) is 14.9. The lowest BCUT2D eigenvalue weighted by Gasteiger charge is -2.18. The summed E-state index contributed by atoms with van der Waals surface area (Å²) in [6, 6.07) is 6.02. The molecule has 2 aromatic carbocycles. The molecule has 0 aliphatic rings. The van der Waals surface area contributed by atoms with Gasteiger partial charge >= 0.3 is 0 Å². The summed E-state index contributed by atoms with van der Waals surface area (Å²) in [5, 5.41) is 13.5. The fourth-order valence-electron chi connectivity index (χ4n) is 3.05. The minimum atomic E-state index is -0.494. The Morgan fingerprint density at radius 1 is 1.10 bits per heavy atom. The molecule has 0 saturated heterocycles. The van der Waals surface area contributed by atoms with Gasteiger partial charge in [0.1, 0.15) is 30.3 Å². The van der Waals surface area contributed by atoms with Gasteiger partial charge in [0.05, 0.1) is 24.9 Å². The summed E-state index contributed by atoms with van der Waals surface area (Å²) >= 11 is 0. The summed E-state index contributed by atoms with van der Waals surface area (Å²) < 4.78 is 30.8. The van der Waals surface area contributed by atoms with Crippen LogP contribution in [0.5, 0.6) is 17.2 Å². The van der Waals surface area contributed by atoms with Crippen molar-refractivity contribution >= 4 is 22.4 Å². The van der Waals surface area contributed by atoms with E-state index in [4.69, 9.17) is 14.2 Å². The fourth-order valence-corrected chi connectivity index (χ4v) is 3.05. The normalized spacial score (nSPS) is 11.2. The fraction of sp³-hybridized carbons (Fsp3) is 0.364. The molecular formula is C22H27FN4O4. The van der Waals surface area contributed by atoms with Crippen LogP contribution < -0.4 is 14.8 Å². The van der Waals surface area contributed by atoms with Gasteiger partial charge in [-0.2, -0.15) is 0 Å². The maximum absolute atomic E-state index is 14.3. The summed E-state index contributed by atoms with van der Waals surface area (Å²) in [6.45, 7) is 4.27. The Balaban J connectivity index is 1.86. The minimum Gasteiger partial charge on any atom is -0.508 e. The van der Waals surface area contributed by atoms with Crippen molar-refractivity contribution in [2.75, 3.05) is 52.9 Å². The number of likely N-dealkylation sites (N-methyl/N-ethyl adjacent to an activating group) is 1. The molecule has 0 radical (unpaired) electrons. The number of phenols is 1. The highest BCUT2D eigenvalue weighted by Gasteiger charge is 2.15. The topological polar surface area (TPSA) is 89.0 Å². The molecule has 2 N–H and O–H groups in total. The summed E-state index contributed by atoms with van der Waals surface area (Å²) in [4.78, 5) is 10.7. The Bertz CT molecular complexity index is 1050. The van der Waals surface area contributed by atoms with Crippen LogP contribution in [0, 0.1) is 12.7 Å². The number of phenolic OH excluding ortho intramolecular Hbond substituents is 1. The molecule has 0 bridgehead atoms. The summed E-state index contributed by atoms with van der Waals surface area (Å²) in [6.07, 6.45) is 1.38. The molecule has 8 nitrogen and oxygen atoms in total. The summed E-state index contributed by atoms with van der Waals surface area (Å²) in [5.74, 6) is 0.955. The first kappa shape index (κ1) is 22.5. The van der Waals surface area contributed by atoms with Crippen LogP contribution >= 0.6 is 0 Å². The zero-order valence-electron chi connectivity index (χ0n) is 18.1.